The van der Waals surface area contributed by atoms with E-state index in [1.807, 2.05) is 30.3 Å². The second kappa shape index (κ2) is 11.0. The van der Waals surface area contributed by atoms with Crippen molar-refractivity contribution in [1.82, 2.24) is 4.90 Å². The number of benzene rings is 2. The number of anilines is 2. The van der Waals surface area contributed by atoms with Gasteiger partial charge in [-0.25, -0.2) is 13.2 Å². The average molecular weight is 485 g/mol. The zero-order valence-electron chi connectivity index (χ0n) is 19.3. The Morgan fingerprint density at radius 1 is 1.15 bits per heavy atom. The molecule has 0 aromatic heterocycles. The summed E-state index contributed by atoms with van der Waals surface area (Å²) in [7, 11) is -3.63. The van der Waals surface area contributed by atoms with Gasteiger partial charge in [-0.05, 0) is 37.1 Å². The van der Waals surface area contributed by atoms with Gasteiger partial charge in [0.1, 0.15) is 12.6 Å². The summed E-state index contributed by atoms with van der Waals surface area (Å²) in [6.45, 7) is 4.15. The first-order valence-electron chi connectivity index (χ1n) is 11.1. The molecule has 1 heterocycles. The van der Waals surface area contributed by atoms with Gasteiger partial charge >= 0.3 is 6.09 Å². The van der Waals surface area contributed by atoms with Crippen LogP contribution in [0.1, 0.15) is 31.4 Å². The van der Waals surface area contributed by atoms with Crippen LogP contribution in [0, 0.1) is 11.3 Å². The highest BCUT2D eigenvalue weighted by atomic mass is 32.2. The number of sulfonamides is 1. The first kappa shape index (κ1) is 25.1. The van der Waals surface area contributed by atoms with E-state index in [2.05, 4.69) is 6.07 Å². The summed E-state index contributed by atoms with van der Waals surface area (Å²) >= 11 is 0. The standard InChI is InChI=1S/C24H28N4O5S/c1-3-14-34(31,32)28(17-19-8-6-5-7-9-19)21-10-11-22(20(15-21)16-25)27-13-12-26(18-23(27)29)24(30)33-4-2/h5-11,15H,3-4,12-14,17-18H2,1-2H3. The van der Waals surface area contributed by atoms with Gasteiger partial charge in [0, 0.05) is 13.1 Å². The van der Waals surface area contributed by atoms with Crippen LogP contribution in [0.2, 0.25) is 0 Å². The summed E-state index contributed by atoms with van der Waals surface area (Å²) in [6, 6.07) is 16.0. The molecule has 0 spiro atoms. The zero-order chi connectivity index (χ0) is 24.7. The molecule has 1 saturated heterocycles. The number of carbonyl (C=O) groups excluding carboxylic acids is 2. The van der Waals surface area contributed by atoms with Crippen molar-refractivity contribution in [1.29, 1.82) is 5.26 Å². The molecule has 0 atom stereocenters. The smallest absolute Gasteiger partial charge is 0.410 e. The highest BCUT2D eigenvalue weighted by Gasteiger charge is 2.31. The van der Waals surface area contributed by atoms with Crippen molar-refractivity contribution in [2.24, 2.45) is 0 Å². The summed E-state index contributed by atoms with van der Waals surface area (Å²) in [6.07, 6.45) is -0.0974. The predicted molar refractivity (Wildman–Crippen MR) is 129 cm³/mol. The van der Waals surface area contributed by atoms with Crippen LogP contribution in [-0.4, -0.2) is 57.3 Å². The Morgan fingerprint density at radius 2 is 1.88 bits per heavy atom. The number of rotatable bonds is 8. The molecular weight excluding hydrogens is 456 g/mol. The molecule has 0 radical (unpaired) electrons. The minimum Gasteiger partial charge on any atom is -0.450 e. The molecule has 3 rings (SSSR count). The fourth-order valence-electron chi connectivity index (χ4n) is 3.77. The van der Waals surface area contributed by atoms with E-state index in [-0.39, 0.29) is 50.0 Å². The Bertz CT molecular complexity index is 1180. The van der Waals surface area contributed by atoms with Crippen molar-refractivity contribution in [2.75, 3.05) is 41.2 Å². The molecule has 2 aromatic carbocycles. The SMILES string of the molecule is CCCS(=O)(=O)N(Cc1ccccc1)c1ccc(N2CCN(C(=O)OCC)CC2=O)c(C#N)c1. The van der Waals surface area contributed by atoms with Crippen molar-refractivity contribution in [3.63, 3.8) is 0 Å². The van der Waals surface area contributed by atoms with Gasteiger partial charge in [0.2, 0.25) is 15.9 Å². The van der Waals surface area contributed by atoms with Crippen LogP contribution >= 0.6 is 0 Å². The minimum atomic E-state index is -3.63. The number of hydrogen-bond donors (Lipinski definition) is 0. The van der Waals surface area contributed by atoms with Crippen molar-refractivity contribution >= 4 is 33.4 Å². The fraction of sp³-hybridized carbons (Fsp3) is 0.375. The first-order chi connectivity index (χ1) is 16.3. The molecule has 0 unspecified atom stereocenters. The van der Waals surface area contributed by atoms with Gasteiger partial charge in [0.25, 0.3) is 0 Å². The van der Waals surface area contributed by atoms with E-state index in [1.54, 1.807) is 26.0 Å². The Kier molecular flexibility index (Phi) is 8.12. The number of carbonyl (C=O) groups is 2. The molecule has 9 nitrogen and oxygen atoms in total. The highest BCUT2D eigenvalue weighted by Crippen LogP contribution is 2.30. The van der Waals surface area contributed by atoms with E-state index in [9.17, 15) is 23.3 Å². The van der Waals surface area contributed by atoms with Crippen LogP contribution in [0.3, 0.4) is 0 Å². The molecule has 2 amide bonds. The van der Waals surface area contributed by atoms with Crippen LogP contribution in [-0.2, 0) is 26.1 Å². The maximum atomic E-state index is 13.1. The number of hydrogen-bond acceptors (Lipinski definition) is 6. The molecule has 0 bridgehead atoms. The molecule has 180 valence electrons. The van der Waals surface area contributed by atoms with Gasteiger partial charge in [-0.15, -0.1) is 0 Å². The third-order valence-electron chi connectivity index (χ3n) is 5.39. The number of ether oxygens (including phenoxy) is 1. The third-order valence-corrected chi connectivity index (χ3v) is 7.33. The Balaban J connectivity index is 1.91. The van der Waals surface area contributed by atoms with E-state index in [0.29, 0.717) is 17.8 Å². The van der Waals surface area contributed by atoms with E-state index < -0.39 is 16.1 Å². The van der Waals surface area contributed by atoms with E-state index in [0.717, 1.165) is 5.56 Å². The molecule has 0 saturated carbocycles. The third kappa shape index (κ3) is 5.66. The number of piperazine rings is 1. The predicted octanol–water partition coefficient (Wildman–Crippen LogP) is 3.11. The summed E-state index contributed by atoms with van der Waals surface area (Å²) in [5.41, 5.74) is 1.73. The van der Waals surface area contributed by atoms with Crippen molar-refractivity contribution < 1.29 is 22.7 Å². The maximum Gasteiger partial charge on any atom is 0.410 e. The number of nitriles is 1. The summed E-state index contributed by atoms with van der Waals surface area (Å²) < 4.78 is 32.4. The van der Waals surface area contributed by atoms with Crippen LogP contribution in [0.25, 0.3) is 0 Å². The van der Waals surface area contributed by atoms with Gasteiger partial charge in [-0.1, -0.05) is 37.3 Å². The molecule has 34 heavy (non-hydrogen) atoms. The second-order valence-electron chi connectivity index (χ2n) is 7.79. The topological polar surface area (TPSA) is 111 Å². The fourth-order valence-corrected chi connectivity index (χ4v) is 5.29. The zero-order valence-corrected chi connectivity index (χ0v) is 20.1. The van der Waals surface area contributed by atoms with Gasteiger partial charge < -0.3 is 9.64 Å². The Labute approximate surface area is 200 Å². The largest absolute Gasteiger partial charge is 0.450 e. The van der Waals surface area contributed by atoms with Crippen molar-refractivity contribution in [3.05, 3.63) is 59.7 Å². The van der Waals surface area contributed by atoms with Crippen LogP contribution < -0.4 is 9.21 Å². The van der Waals surface area contributed by atoms with E-state index >= 15 is 0 Å². The van der Waals surface area contributed by atoms with Crippen LogP contribution in [0.4, 0.5) is 16.2 Å². The lowest BCUT2D eigenvalue weighted by Gasteiger charge is -2.34. The van der Waals surface area contributed by atoms with Crippen LogP contribution in [0.15, 0.2) is 48.5 Å². The summed E-state index contributed by atoms with van der Waals surface area (Å²) in [4.78, 5) is 27.5. The second-order valence-corrected chi connectivity index (χ2v) is 9.80. The lowest BCUT2D eigenvalue weighted by molar-refractivity contribution is -0.120. The lowest BCUT2D eigenvalue weighted by Crippen LogP contribution is -2.52. The molecule has 2 aromatic rings. The molecule has 1 aliphatic rings. The normalized spacial score (nSPS) is 14.0. The lowest BCUT2D eigenvalue weighted by atomic mass is 10.1. The number of amides is 2. The van der Waals surface area contributed by atoms with E-state index in [1.165, 1.54) is 20.2 Å². The van der Waals surface area contributed by atoms with Gasteiger partial charge in [0.15, 0.2) is 0 Å². The molecule has 1 aliphatic heterocycles. The minimum absolute atomic E-state index is 0.0300. The summed E-state index contributed by atoms with van der Waals surface area (Å²) in [5, 5.41) is 9.81. The van der Waals surface area contributed by atoms with Gasteiger partial charge in [0.05, 0.1) is 35.8 Å². The van der Waals surface area contributed by atoms with Crippen LogP contribution in [0.5, 0.6) is 0 Å². The van der Waals surface area contributed by atoms with Crippen molar-refractivity contribution in [2.45, 2.75) is 26.8 Å². The Morgan fingerprint density at radius 3 is 2.50 bits per heavy atom. The molecular formula is C24H28N4O5S. The molecule has 0 aliphatic carbocycles. The maximum absolute atomic E-state index is 13.1. The van der Waals surface area contributed by atoms with E-state index in [4.69, 9.17) is 4.74 Å². The molecule has 0 N–H and O–H groups in total. The molecule has 10 heteroatoms. The molecule has 1 fully saturated rings. The average Bonchev–Trinajstić information content (AvgIpc) is 2.83. The van der Waals surface area contributed by atoms with Gasteiger partial charge in [-0.3, -0.25) is 14.0 Å². The summed E-state index contributed by atoms with van der Waals surface area (Å²) in [5.74, 6) is -0.374. The highest BCUT2D eigenvalue weighted by molar-refractivity contribution is 7.92. The van der Waals surface area contributed by atoms with Crippen molar-refractivity contribution in [3.8, 4) is 6.07 Å². The van der Waals surface area contributed by atoms with Gasteiger partial charge in [-0.2, -0.15) is 5.26 Å². The quantitative estimate of drug-likeness (QED) is 0.569. The monoisotopic (exact) mass is 484 g/mol. The number of nitrogens with zero attached hydrogens (tertiary/aromatic N) is 4. The Hall–Kier alpha value is -3.58. The first-order valence-corrected chi connectivity index (χ1v) is 12.7.